The van der Waals surface area contributed by atoms with Gasteiger partial charge in [-0.3, -0.25) is 47.9 Å². The van der Waals surface area contributed by atoms with Gasteiger partial charge in [-0.05, 0) is 76.5 Å². The first-order valence-electron chi connectivity index (χ1n) is 24.7. The van der Waals surface area contributed by atoms with Crippen LogP contribution in [0.3, 0.4) is 0 Å². The molecular formula is C50H73N11O13. The van der Waals surface area contributed by atoms with E-state index >= 15 is 0 Å². The highest BCUT2D eigenvalue weighted by Gasteiger charge is 2.41. The lowest BCUT2D eigenvalue weighted by Crippen LogP contribution is -2.61. The Bertz CT molecular complexity index is 2270. The Morgan fingerprint density at radius 3 is 1.55 bits per heavy atom. The van der Waals surface area contributed by atoms with Crippen LogP contribution in [0.4, 0.5) is 0 Å². The number of hydrogen-bond donors (Lipinski definition) is 12. The summed E-state index contributed by atoms with van der Waals surface area (Å²) < 4.78 is 0. The lowest BCUT2D eigenvalue weighted by molar-refractivity contribution is -0.145. The number of carboxylic acid groups (broad SMARTS) is 2. The van der Waals surface area contributed by atoms with Crippen molar-refractivity contribution in [1.29, 1.82) is 0 Å². The predicted molar refractivity (Wildman–Crippen MR) is 269 cm³/mol. The normalized spacial score (nSPS) is 16.7. The van der Waals surface area contributed by atoms with E-state index in [2.05, 4.69) is 42.5 Å². The highest BCUT2D eigenvalue weighted by atomic mass is 16.4. The molecule has 2 aromatic carbocycles. The molecule has 1 aliphatic heterocycles. The van der Waals surface area contributed by atoms with Crippen molar-refractivity contribution in [3.63, 3.8) is 0 Å². The van der Waals surface area contributed by atoms with Gasteiger partial charge in [0.05, 0.1) is 13.0 Å². The van der Waals surface area contributed by atoms with Gasteiger partial charge in [-0.1, -0.05) is 80.9 Å². The molecule has 0 saturated carbocycles. The van der Waals surface area contributed by atoms with Crippen molar-refractivity contribution in [2.75, 3.05) is 19.6 Å². The average Bonchev–Trinajstić information content (AvgIpc) is 3.87. The third-order valence-electron chi connectivity index (χ3n) is 12.5. The lowest BCUT2D eigenvalue weighted by atomic mass is 9.96. The number of aliphatic carboxylic acids is 2. The molecule has 0 bridgehead atoms. The number of benzene rings is 2. The Labute approximate surface area is 430 Å². The van der Waals surface area contributed by atoms with Crippen LogP contribution in [-0.4, -0.2) is 154 Å². The maximum atomic E-state index is 14.3. The largest absolute Gasteiger partial charge is 0.481 e. The molecule has 1 aliphatic rings. The zero-order valence-electron chi connectivity index (χ0n) is 42.5. The molecule has 9 amide bonds. The molecule has 0 unspecified atom stereocenters. The molecule has 10 atom stereocenters. The maximum absolute atomic E-state index is 14.3. The van der Waals surface area contributed by atoms with Crippen LogP contribution < -0.4 is 54.0 Å². The van der Waals surface area contributed by atoms with E-state index in [0.717, 1.165) is 0 Å². The number of nitrogens with one attached hydrogen (secondary N) is 8. The number of nitrogens with two attached hydrogens (primary N) is 2. The number of rotatable bonds is 30. The Morgan fingerprint density at radius 1 is 0.595 bits per heavy atom. The molecule has 24 heteroatoms. The van der Waals surface area contributed by atoms with E-state index in [4.69, 9.17) is 11.5 Å². The topological polar surface area (TPSA) is 380 Å². The molecule has 406 valence electrons. The number of nitrogens with zero attached hydrogens (tertiary/aromatic N) is 1. The van der Waals surface area contributed by atoms with E-state index in [1.54, 1.807) is 74.5 Å². The highest BCUT2D eigenvalue weighted by molar-refractivity contribution is 5.99. The second-order valence-corrected chi connectivity index (χ2v) is 18.4. The van der Waals surface area contributed by atoms with Crippen molar-refractivity contribution >= 4 is 65.1 Å². The van der Waals surface area contributed by atoms with E-state index in [1.165, 1.54) is 25.7 Å². The molecule has 74 heavy (non-hydrogen) atoms. The minimum absolute atomic E-state index is 0.0889. The summed E-state index contributed by atoms with van der Waals surface area (Å²) in [6.45, 7) is 7.63. The molecule has 0 spiro atoms. The summed E-state index contributed by atoms with van der Waals surface area (Å²) in [7, 11) is 0. The molecule has 3 rings (SSSR count). The first kappa shape index (κ1) is 60.8. The molecule has 0 aromatic heterocycles. The maximum Gasteiger partial charge on any atom is 0.326 e. The molecule has 1 saturated heterocycles. The Hall–Kier alpha value is -7.47. The van der Waals surface area contributed by atoms with E-state index in [9.17, 15) is 63.0 Å². The van der Waals surface area contributed by atoms with E-state index in [-0.39, 0.29) is 38.8 Å². The molecule has 1 fully saturated rings. The fourth-order valence-electron chi connectivity index (χ4n) is 7.95. The molecule has 24 nitrogen and oxygen atoms in total. The third kappa shape index (κ3) is 19.5. The van der Waals surface area contributed by atoms with Crippen molar-refractivity contribution in [1.82, 2.24) is 47.4 Å². The molecular weight excluding hydrogens is 963 g/mol. The zero-order chi connectivity index (χ0) is 55.1. The summed E-state index contributed by atoms with van der Waals surface area (Å²) in [6, 6.07) is 5.23. The number of amides is 9. The van der Waals surface area contributed by atoms with E-state index < -0.39 is 132 Å². The number of carbonyl (C=O) groups excluding carboxylic acids is 9. The molecule has 2 aromatic rings. The summed E-state index contributed by atoms with van der Waals surface area (Å²) in [5.41, 5.74) is 12.0. The van der Waals surface area contributed by atoms with Gasteiger partial charge in [0.2, 0.25) is 53.2 Å². The van der Waals surface area contributed by atoms with Gasteiger partial charge in [-0.15, -0.1) is 0 Å². The fourth-order valence-corrected chi connectivity index (χ4v) is 7.95. The Kier molecular flexibility index (Phi) is 25.1. The van der Waals surface area contributed by atoms with Gasteiger partial charge in [-0.2, -0.15) is 0 Å². The van der Waals surface area contributed by atoms with Gasteiger partial charge in [0.25, 0.3) is 0 Å². The quantitative estimate of drug-likeness (QED) is 0.0380. The number of hydrogen-bond acceptors (Lipinski definition) is 13. The third-order valence-corrected chi connectivity index (χ3v) is 12.5. The van der Waals surface area contributed by atoms with Crippen LogP contribution >= 0.6 is 0 Å². The number of unbranched alkanes of at least 4 members (excludes halogenated alkanes) is 1. The molecule has 0 radical (unpaired) electrons. The number of likely N-dealkylation sites (tertiary alicyclic amines) is 1. The first-order valence-corrected chi connectivity index (χ1v) is 24.7. The van der Waals surface area contributed by atoms with Crippen LogP contribution in [-0.2, 0) is 65.6 Å². The van der Waals surface area contributed by atoms with Gasteiger partial charge < -0.3 is 69.1 Å². The van der Waals surface area contributed by atoms with Crippen molar-refractivity contribution < 1.29 is 63.0 Å². The summed E-state index contributed by atoms with van der Waals surface area (Å²) in [5, 5.41) is 39.6. The number of carboxylic acids is 2. The van der Waals surface area contributed by atoms with Crippen LogP contribution in [0.1, 0.15) is 90.7 Å². The average molecular weight is 1040 g/mol. The van der Waals surface area contributed by atoms with Crippen molar-refractivity contribution in [3.05, 3.63) is 71.8 Å². The van der Waals surface area contributed by atoms with Gasteiger partial charge in [0.1, 0.15) is 54.4 Å². The standard InChI is InChI=1S/C50H73N11O13/c1-6-28(2)41(49(72)61-23-15-21-38(61)48(71)56-34(50(73)74)20-13-14-22-51)60-47(70)36(25-33-18-11-8-12-19-33)58-44(67)31(5)55-45(68)37(26-40(63)64)59-46(69)35(24-32-16-9-7-10-17-32)57-43(66)30(4)54-42(65)29(3)53-39(62)27-52/h7-12,16-19,28-31,34-38,41H,6,13-15,20-27,51-52H2,1-5H3,(H,53,62)(H,54,65)(H,55,68)(H,56,71)(H,57,66)(H,58,67)(H,59,69)(H,60,70)(H,63,64)(H,73,74)/t28-,29-,30-,31-,34-,35-,36-,37-,38-,41-/m0/s1. The van der Waals surface area contributed by atoms with Crippen LogP contribution in [0, 0.1) is 5.92 Å². The van der Waals surface area contributed by atoms with Crippen molar-refractivity contribution in [3.8, 4) is 0 Å². The number of carbonyl (C=O) groups is 11. The fraction of sp³-hybridized carbons (Fsp3) is 0.540. The molecule has 1 heterocycles. The lowest BCUT2D eigenvalue weighted by Gasteiger charge is -2.33. The summed E-state index contributed by atoms with van der Waals surface area (Å²) >= 11 is 0. The Morgan fingerprint density at radius 2 is 1.07 bits per heavy atom. The second-order valence-electron chi connectivity index (χ2n) is 18.4. The van der Waals surface area contributed by atoms with Crippen LogP contribution in [0.15, 0.2) is 60.7 Å². The van der Waals surface area contributed by atoms with Gasteiger partial charge in [0, 0.05) is 19.4 Å². The van der Waals surface area contributed by atoms with Crippen molar-refractivity contribution in [2.24, 2.45) is 17.4 Å². The smallest absolute Gasteiger partial charge is 0.326 e. The second kappa shape index (κ2) is 30.5. The minimum Gasteiger partial charge on any atom is -0.481 e. The Balaban J connectivity index is 1.81. The van der Waals surface area contributed by atoms with E-state index in [1.807, 2.05) is 0 Å². The SMILES string of the molecule is CC[C@H](C)[C@H](NC(=O)[C@H](Cc1ccccc1)NC(=O)[C@H](C)NC(=O)[C@H](CC(=O)O)NC(=O)[C@H](Cc1ccccc1)NC(=O)[C@H](C)NC(=O)[C@H](C)NC(=O)CN)C(=O)N1CCC[C@H]1C(=O)N[C@@H](CCCCN)C(=O)O. The molecule has 14 N–H and O–H groups in total. The summed E-state index contributed by atoms with van der Waals surface area (Å²) in [6.07, 6.45) is 1.07. The van der Waals surface area contributed by atoms with E-state index in [0.29, 0.717) is 43.4 Å². The minimum atomic E-state index is -1.80. The molecule has 0 aliphatic carbocycles. The van der Waals surface area contributed by atoms with Crippen LogP contribution in [0.5, 0.6) is 0 Å². The first-order chi connectivity index (χ1) is 35.1. The monoisotopic (exact) mass is 1040 g/mol. The van der Waals surface area contributed by atoms with Crippen LogP contribution in [0.25, 0.3) is 0 Å². The zero-order valence-corrected chi connectivity index (χ0v) is 42.5. The van der Waals surface area contributed by atoms with Gasteiger partial charge in [-0.25, -0.2) is 4.79 Å². The highest BCUT2D eigenvalue weighted by Crippen LogP contribution is 2.22. The predicted octanol–water partition coefficient (Wildman–Crippen LogP) is -1.91. The summed E-state index contributed by atoms with van der Waals surface area (Å²) in [4.78, 5) is 147. The van der Waals surface area contributed by atoms with Gasteiger partial charge in [0.15, 0.2) is 0 Å². The van der Waals surface area contributed by atoms with Crippen molar-refractivity contribution in [2.45, 2.75) is 147 Å². The summed E-state index contributed by atoms with van der Waals surface area (Å²) in [5.74, 6) is -10.4. The van der Waals surface area contributed by atoms with Gasteiger partial charge >= 0.3 is 11.9 Å². The van der Waals surface area contributed by atoms with Crippen LogP contribution in [0.2, 0.25) is 0 Å².